The lowest BCUT2D eigenvalue weighted by Crippen LogP contribution is -2.38. The van der Waals surface area contributed by atoms with Crippen LogP contribution in [-0.2, 0) is 19.1 Å². The molecule has 0 saturated heterocycles. The van der Waals surface area contributed by atoms with E-state index in [2.05, 4.69) is 19.2 Å². The van der Waals surface area contributed by atoms with Gasteiger partial charge in [0, 0.05) is 29.3 Å². The fraction of sp³-hybridized carbons (Fsp3) is 0.500. The minimum atomic E-state index is -0.580. The maximum Gasteiger partial charge on any atom is 0.336 e. The number of nitrogens with one attached hydrogen (secondary N) is 1. The Hall–Kier alpha value is -2.47. The molecule has 2 aliphatic rings. The lowest BCUT2D eigenvalue weighted by atomic mass is 9.68. The summed E-state index contributed by atoms with van der Waals surface area (Å²) < 4.78 is 24.5. The molecule has 5 nitrogen and oxygen atoms in total. The predicted molar refractivity (Wildman–Crippen MR) is 112 cm³/mol. The molecule has 0 spiro atoms. The predicted octanol–water partition coefficient (Wildman–Crippen LogP) is 4.40. The zero-order valence-corrected chi connectivity index (χ0v) is 18.3. The number of carbonyl (C=O) groups is 2. The molecular formula is C24H30FNO4. The number of benzene rings is 1. The summed E-state index contributed by atoms with van der Waals surface area (Å²) in [5.41, 5.74) is 2.99. The Labute approximate surface area is 177 Å². The van der Waals surface area contributed by atoms with Crippen LogP contribution in [0.1, 0.15) is 58.9 Å². The van der Waals surface area contributed by atoms with Crippen molar-refractivity contribution in [1.82, 2.24) is 5.32 Å². The van der Waals surface area contributed by atoms with Gasteiger partial charge in [-0.05, 0) is 50.3 Å². The minimum absolute atomic E-state index is 0.00372. The van der Waals surface area contributed by atoms with Crippen LogP contribution in [0.4, 0.5) is 4.39 Å². The number of esters is 1. The highest BCUT2D eigenvalue weighted by molar-refractivity contribution is 6.04. The first-order chi connectivity index (χ1) is 14.1. The van der Waals surface area contributed by atoms with Crippen molar-refractivity contribution in [2.24, 2.45) is 5.41 Å². The van der Waals surface area contributed by atoms with E-state index in [0.29, 0.717) is 41.9 Å². The van der Waals surface area contributed by atoms with Crippen LogP contribution in [-0.4, -0.2) is 31.1 Å². The van der Waals surface area contributed by atoms with Gasteiger partial charge in [0.1, 0.15) is 12.4 Å². The lowest BCUT2D eigenvalue weighted by molar-refractivity contribution is -0.141. The van der Waals surface area contributed by atoms with Gasteiger partial charge in [-0.25, -0.2) is 9.18 Å². The van der Waals surface area contributed by atoms with Crippen LogP contribution >= 0.6 is 0 Å². The molecule has 1 heterocycles. The Balaban J connectivity index is 1.97. The van der Waals surface area contributed by atoms with Gasteiger partial charge >= 0.3 is 5.97 Å². The van der Waals surface area contributed by atoms with Crippen molar-refractivity contribution in [3.8, 4) is 0 Å². The van der Waals surface area contributed by atoms with E-state index >= 15 is 0 Å². The molecule has 0 fully saturated rings. The summed E-state index contributed by atoms with van der Waals surface area (Å²) in [6.07, 6.45) is 1.14. The molecule has 0 aromatic heterocycles. The molecule has 0 radical (unpaired) electrons. The number of rotatable bonds is 6. The first-order valence-electron chi connectivity index (χ1n) is 10.4. The number of hydrogen-bond donors (Lipinski definition) is 1. The fourth-order valence-corrected chi connectivity index (χ4v) is 4.19. The third kappa shape index (κ3) is 4.81. The molecule has 1 atom stereocenters. The average molecular weight is 416 g/mol. The normalized spacial score (nSPS) is 20.9. The Kier molecular flexibility index (Phi) is 6.46. The van der Waals surface area contributed by atoms with E-state index in [9.17, 15) is 14.0 Å². The average Bonchev–Trinajstić information content (AvgIpc) is 2.63. The highest BCUT2D eigenvalue weighted by atomic mass is 19.1. The Bertz CT molecular complexity index is 896. The summed E-state index contributed by atoms with van der Waals surface area (Å²) in [5.74, 6) is -1.44. The van der Waals surface area contributed by atoms with E-state index in [0.717, 1.165) is 5.70 Å². The quantitative estimate of drug-likeness (QED) is 0.551. The van der Waals surface area contributed by atoms with E-state index in [1.165, 1.54) is 12.1 Å². The van der Waals surface area contributed by atoms with Gasteiger partial charge in [-0.3, -0.25) is 4.79 Å². The van der Waals surface area contributed by atoms with Crippen LogP contribution in [0.2, 0.25) is 0 Å². The molecule has 0 unspecified atom stereocenters. The van der Waals surface area contributed by atoms with Crippen LogP contribution in [0.3, 0.4) is 0 Å². The zero-order chi connectivity index (χ0) is 22.1. The molecular weight excluding hydrogens is 385 g/mol. The number of dihydropyridines is 1. The third-order valence-electron chi connectivity index (χ3n) is 5.43. The second-order valence-electron chi connectivity index (χ2n) is 9.04. The van der Waals surface area contributed by atoms with Gasteiger partial charge in [0.25, 0.3) is 0 Å². The summed E-state index contributed by atoms with van der Waals surface area (Å²) >= 11 is 0. The van der Waals surface area contributed by atoms with Gasteiger partial charge < -0.3 is 14.8 Å². The number of ether oxygens (including phenoxy) is 2. The van der Waals surface area contributed by atoms with Gasteiger partial charge in [-0.1, -0.05) is 26.0 Å². The number of carbonyl (C=O) groups excluding carboxylic acids is 2. The van der Waals surface area contributed by atoms with E-state index in [-0.39, 0.29) is 29.7 Å². The SMILES string of the molecule is CC1=C(C(=O)OCCOC(C)C)[C@@H](c2ccc(F)cc2)C2=C(CC(C)(C)CC2=O)N1. The van der Waals surface area contributed by atoms with Crippen molar-refractivity contribution in [3.63, 3.8) is 0 Å². The molecule has 1 aliphatic heterocycles. The molecule has 1 N–H and O–H groups in total. The Morgan fingerprint density at radius 2 is 1.87 bits per heavy atom. The topological polar surface area (TPSA) is 64.6 Å². The Morgan fingerprint density at radius 1 is 1.20 bits per heavy atom. The van der Waals surface area contributed by atoms with Crippen molar-refractivity contribution in [2.45, 2.75) is 59.5 Å². The first kappa shape index (κ1) is 22.2. The van der Waals surface area contributed by atoms with E-state index < -0.39 is 11.9 Å². The molecule has 0 amide bonds. The summed E-state index contributed by atoms with van der Waals surface area (Å²) in [6.45, 7) is 10.2. The number of hydrogen-bond acceptors (Lipinski definition) is 5. The molecule has 1 aromatic rings. The van der Waals surface area contributed by atoms with Crippen LogP contribution in [0.5, 0.6) is 0 Å². The van der Waals surface area contributed by atoms with Gasteiger partial charge in [0.2, 0.25) is 0 Å². The van der Waals surface area contributed by atoms with E-state index in [1.54, 1.807) is 12.1 Å². The largest absolute Gasteiger partial charge is 0.460 e. The van der Waals surface area contributed by atoms with E-state index in [4.69, 9.17) is 9.47 Å². The first-order valence-corrected chi connectivity index (χ1v) is 10.4. The summed E-state index contributed by atoms with van der Waals surface area (Å²) in [6, 6.07) is 5.96. The molecule has 0 bridgehead atoms. The van der Waals surface area contributed by atoms with Gasteiger partial charge in [-0.2, -0.15) is 0 Å². The van der Waals surface area contributed by atoms with Crippen molar-refractivity contribution >= 4 is 11.8 Å². The maximum absolute atomic E-state index is 13.6. The third-order valence-corrected chi connectivity index (χ3v) is 5.43. The van der Waals surface area contributed by atoms with Crippen molar-refractivity contribution in [3.05, 3.63) is 58.2 Å². The summed E-state index contributed by atoms with van der Waals surface area (Å²) in [4.78, 5) is 26.2. The summed E-state index contributed by atoms with van der Waals surface area (Å²) in [5, 5.41) is 3.29. The van der Waals surface area contributed by atoms with E-state index in [1.807, 2.05) is 20.8 Å². The monoisotopic (exact) mass is 415 g/mol. The molecule has 6 heteroatoms. The Morgan fingerprint density at radius 3 is 2.50 bits per heavy atom. The number of ketones is 1. The standard InChI is InChI=1S/C24H30FNO4/c1-14(2)29-10-11-30-23(28)20-15(3)26-18-12-24(4,5)13-19(27)22(18)21(20)16-6-8-17(25)9-7-16/h6-9,14,21,26H,10-13H2,1-5H3/t21-/m1/s1. The number of halogens is 1. The number of Topliss-reactive ketones (excluding diaryl/α,β-unsaturated/α-hetero) is 1. The smallest absolute Gasteiger partial charge is 0.336 e. The minimum Gasteiger partial charge on any atom is -0.460 e. The zero-order valence-electron chi connectivity index (χ0n) is 18.3. The van der Waals surface area contributed by atoms with Crippen LogP contribution in [0, 0.1) is 11.2 Å². The van der Waals surface area contributed by atoms with Crippen LogP contribution in [0.25, 0.3) is 0 Å². The lowest BCUT2D eigenvalue weighted by Gasteiger charge is -2.39. The second kappa shape index (κ2) is 8.72. The molecule has 1 aromatic carbocycles. The summed E-state index contributed by atoms with van der Waals surface area (Å²) in [7, 11) is 0. The maximum atomic E-state index is 13.6. The number of allylic oxidation sites excluding steroid dienone is 3. The van der Waals surface area contributed by atoms with Gasteiger partial charge in [0.15, 0.2) is 5.78 Å². The molecule has 30 heavy (non-hydrogen) atoms. The van der Waals surface area contributed by atoms with Crippen LogP contribution in [0.15, 0.2) is 46.8 Å². The molecule has 1 aliphatic carbocycles. The van der Waals surface area contributed by atoms with Crippen molar-refractivity contribution in [1.29, 1.82) is 0 Å². The van der Waals surface area contributed by atoms with Gasteiger partial charge in [0.05, 0.1) is 18.3 Å². The molecule has 0 saturated carbocycles. The van der Waals surface area contributed by atoms with Crippen LogP contribution < -0.4 is 5.32 Å². The molecule has 162 valence electrons. The van der Waals surface area contributed by atoms with Gasteiger partial charge in [-0.15, -0.1) is 0 Å². The van der Waals surface area contributed by atoms with Crippen molar-refractivity contribution < 1.29 is 23.5 Å². The highest BCUT2D eigenvalue weighted by Crippen LogP contribution is 2.46. The molecule has 3 rings (SSSR count). The fourth-order valence-electron chi connectivity index (χ4n) is 4.19. The second-order valence-corrected chi connectivity index (χ2v) is 9.04. The highest BCUT2D eigenvalue weighted by Gasteiger charge is 2.43. The van der Waals surface area contributed by atoms with Crippen molar-refractivity contribution in [2.75, 3.05) is 13.2 Å².